The van der Waals surface area contributed by atoms with Crippen molar-refractivity contribution < 1.29 is 14.3 Å². The van der Waals surface area contributed by atoms with Crippen molar-refractivity contribution in [2.45, 2.75) is 25.3 Å². The van der Waals surface area contributed by atoms with E-state index in [1.807, 2.05) is 24.3 Å². The Morgan fingerprint density at radius 2 is 2.15 bits per heavy atom. The van der Waals surface area contributed by atoms with E-state index in [-0.39, 0.29) is 23.8 Å². The number of ether oxygens (including phenoxy) is 1. The lowest BCUT2D eigenvalue weighted by molar-refractivity contribution is -0.129. The number of piperidine rings is 1. The molecule has 2 aliphatic heterocycles. The van der Waals surface area contributed by atoms with Crippen LogP contribution in [0, 0.1) is 5.92 Å². The van der Waals surface area contributed by atoms with Crippen molar-refractivity contribution >= 4 is 11.8 Å². The summed E-state index contributed by atoms with van der Waals surface area (Å²) in [6.07, 6.45) is 1.84. The lowest BCUT2D eigenvalue weighted by atomic mass is 9.95. The van der Waals surface area contributed by atoms with Crippen LogP contribution < -0.4 is 15.4 Å². The molecular formula is C15H18N2O3. The third-order valence-electron chi connectivity index (χ3n) is 3.91. The number of hydrogen-bond acceptors (Lipinski definition) is 3. The maximum atomic E-state index is 12.3. The highest BCUT2D eigenvalue weighted by atomic mass is 16.5. The van der Waals surface area contributed by atoms with Gasteiger partial charge in [-0.05, 0) is 12.5 Å². The molecule has 0 spiro atoms. The first kappa shape index (κ1) is 13.0. The first-order valence-corrected chi connectivity index (χ1v) is 7.03. The molecule has 20 heavy (non-hydrogen) atoms. The van der Waals surface area contributed by atoms with E-state index in [2.05, 4.69) is 10.6 Å². The molecule has 1 aromatic carbocycles. The summed E-state index contributed by atoms with van der Waals surface area (Å²) in [5, 5.41) is 5.83. The molecule has 2 amide bonds. The van der Waals surface area contributed by atoms with Crippen molar-refractivity contribution in [2.75, 3.05) is 13.2 Å². The number of nitrogens with one attached hydrogen (secondary N) is 2. The Kier molecular flexibility index (Phi) is 3.58. The molecule has 5 nitrogen and oxygen atoms in total. The van der Waals surface area contributed by atoms with Gasteiger partial charge in [0.25, 0.3) is 0 Å². The Balaban J connectivity index is 1.66. The molecule has 1 saturated heterocycles. The van der Waals surface area contributed by atoms with Crippen LogP contribution in [-0.2, 0) is 9.59 Å². The van der Waals surface area contributed by atoms with E-state index in [1.165, 1.54) is 0 Å². The topological polar surface area (TPSA) is 67.4 Å². The van der Waals surface area contributed by atoms with E-state index < -0.39 is 0 Å². The Labute approximate surface area is 117 Å². The first-order valence-electron chi connectivity index (χ1n) is 7.03. The zero-order chi connectivity index (χ0) is 13.9. The molecule has 0 bridgehead atoms. The number of amides is 2. The van der Waals surface area contributed by atoms with Crippen molar-refractivity contribution in [3.63, 3.8) is 0 Å². The third-order valence-corrected chi connectivity index (χ3v) is 3.91. The molecule has 2 N–H and O–H groups in total. The first-order chi connectivity index (χ1) is 9.74. The van der Waals surface area contributed by atoms with E-state index in [1.54, 1.807) is 0 Å². The Bertz CT molecular complexity index is 520. The smallest absolute Gasteiger partial charge is 0.225 e. The molecule has 0 aliphatic carbocycles. The van der Waals surface area contributed by atoms with Crippen molar-refractivity contribution in [1.29, 1.82) is 0 Å². The van der Waals surface area contributed by atoms with Crippen LogP contribution >= 0.6 is 0 Å². The van der Waals surface area contributed by atoms with Crippen LogP contribution in [0.3, 0.4) is 0 Å². The zero-order valence-corrected chi connectivity index (χ0v) is 11.2. The highest BCUT2D eigenvalue weighted by Gasteiger charge is 2.28. The minimum Gasteiger partial charge on any atom is -0.493 e. The molecule has 2 atom stereocenters. The van der Waals surface area contributed by atoms with Gasteiger partial charge in [-0.1, -0.05) is 18.2 Å². The lowest BCUT2D eigenvalue weighted by Gasteiger charge is -2.29. The molecule has 0 aromatic heterocycles. The molecule has 2 aliphatic rings. The summed E-state index contributed by atoms with van der Waals surface area (Å²) in [5.74, 6) is 0.779. The van der Waals surface area contributed by atoms with E-state index >= 15 is 0 Å². The number of carbonyl (C=O) groups excluding carboxylic acids is 2. The molecule has 1 fully saturated rings. The fourth-order valence-electron chi connectivity index (χ4n) is 2.74. The second kappa shape index (κ2) is 5.53. The van der Waals surface area contributed by atoms with Crippen LogP contribution in [-0.4, -0.2) is 25.0 Å². The van der Waals surface area contributed by atoms with Gasteiger partial charge >= 0.3 is 0 Å². The number of benzene rings is 1. The standard InChI is InChI=1S/C15H18N2O3/c18-14-6-5-10(9-16-14)15(19)17-12-7-8-20-13-4-2-1-3-11(12)13/h1-4,10,12H,5-9H2,(H,16,18)(H,17,19)/t10-,12-/m0/s1. The molecule has 0 radical (unpaired) electrons. The van der Waals surface area contributed by atoms with Crippen LogP contribution in [0.2, 0.25) is 0 Å². The predicted molar refractivity (Wildman–Crippen MR) is 73.2 cm³/mol. The molecular weight excluding hydrogens is 256 g/mol. The third kappa shape index (κ3) is 2.61. The number of carbonyl (C=O) groups is 2. The highest BCUT2D eigenvalue weighted by Crippen LogP contribution is 2.31. The molecule has 3 rings (SSSR count). The fourth-order valence-corrected chi connectivity index (χ4v) is 2.74. The molecule has 5 heteroatoms. The maximum Gasteiger partial charge on any atom is 0.225 e. The quantitative estimate of drug-likeness (QED) is 0.850. The highest BCUT2D eigenvalue weighted by molar-refractivity contribution is 5.84. The molecule has 2 heterocycles. The summed E-state index contributed by atoms with van der Waals surface area (Å²) in [6.45, 7) is 1.05. The summed E-state index contributed by atoms with van der Waals surface area (Å²) >= 11 is 0. The number of hydrogen-bond donors (Lipinski definition) is 2. The van der Waals surface area contributed by atoms with Gasteiger partial charge in [0.05, 0.1) is 18.6 Å². The number of para-hydroxylation sites is 1. The number of fused-ring (bicyclic) bond motifs is 1. The van der Waals surface area contributed by atoms with Crippen LogP contribution in [0.5, 0.6) is 5.75 Å². The van der Waals surface area contributed by atoms with Gasteiger partial charge in [0.2, 0.25) is 11.8 Å². The van der Waals surface area contributed by atoms with Crippen molar-refractivity contribution in [2.24, 2.45) is 5.92 Å². The minimum absolute atomic E-state index is 0.00470. The number of rotatable bonds is 2. The van der Waals surface area contributed by atoms with Gasteiger partial charge in [0.1, 0.15) is 5.75 Å². The van der Waals surface area contributed by atoms with Crippen LogP contribution in [0.4, 0.5) is 0 Å². The van der Waals surface area contributed by atoms with Crippen molar-refractivity contribution in [3.05, 3.63) is 29.8 Å². The van der Waals surface area contributed by atoms with Gasteiger partial charge in [-0.15, -0.1) is 0 Å². The van der Waals surface area contributed by atoms with E-state index in [9.17, 15) is 9.59 Å². The van der Waals surface area contributed by atoms with E-state index in [0.29, 0.717) is 26.0 Å². The maximum absolute atomic E-state index is 12.3. The SMILES string of the molecule is O=C1CC[C@H](C(=O)N[C@H]2CCOc3ccccc32)CN1. The fraction of sp³-hybridized carbons (Fsp3) is 0.467. The molecule has 106 valence electrons. The zero-order valence-electron chi connectivity index (χ0n) is 11.2. The Morgan fingerprint density at radius 3 is 2.95 bits per heavy atom. The van der Waals surface area contributed by atoms with Gasteiger partial charge in [0, 0.05) is 24.9 Å². The second-order valence-electron chi connectivity index (χ2n) is 5.28. The van der Waals surface area contributed by atoms with Crippen molar-refractivity contribution in [1.82, 2.24) is 10.6 Å². The minimum atomic E-state index is -0.122. The summed E-state index contributed by atoms with van der Waals surface area (Å²) < 4.78 is 5.59. The summed E-state index contributed by atoms with van der Waals surface area (Å²) in [7, 11) is 0. The molecule has 1 aromatic rings. The average molecular weight is 274 g/mol. The molecule has 0 unspecified atom stereocenters. The Morgan fingerprint density at radius 1 is 1.30 bits per heavy atom. The summed E-state index contributed by atoms with van der Waals surface area (Å²) in [6, 6.07) is 7.80. The van der Waals surface area contributed by atoms with Gasteiger partial charge < -0.3 is 15.4 Å². The normalized spacial score (nSPS) is 25.1. The van der Waals surface area contributed by atoms with Crippen LogP contribution in [0.25, 0.3) is 0 Å². The van der Waals surface area contributed by atoms with Crippen molar-refractivity contribution in [3.8, 4) is 5.75 Å². The summed E-state index contributed by atoms with van der Waals surface area (Å²) in [5.41, 5.74) is 1.03. The second-order valence-corrected chi connectivity index (χ2v) is 5.28. The lowest BCUT2D eigenvalue weighted by Crippen LogP contribution is -2.44. The van der Waals surface area contributed by atoms with Gasteiger partial charge in [-0.3, -0.25) is 9.59 Å². The van der Waals surface area contributed by atoms with Gasteiger partial charge in [-0.25, -0.2) is 0 Å². The predicted octanol–water partition coefficient (Wildman–Crippen LogP) is 1.15. The average Bonchev–Trinajstić information content (AvgIpc) is 2.48. The monoisotopic (exact) mass is 274 g/mol. The van der Waals surface area contributed by atoms with Gasteiger partial charge in [0.15, 0.2) is 0 Å². The van der Waals surface area contributed by atoms with Crippen LogP contribution in [0.15, 0.2) is 24.3 Å². The Hall–Kier alpha value is -2.04. The van der Waals surface area contributed by atoms with E-state index in [0.717, 1.165) is 17.7 Å². The largest absolute Gasteiger partial charge is 0.493 e. The summed E-state index contributed by atoms with van der Waals surface area (Å²) in [4.78, 5) is 23.4. The van der Waals surface area contributed by atoms with E-state index in [4.69, 9.17) is 4.74 Å². The van der Waals surface area contributed by atoms with Crippen LogP contribution in [0.1, 0.15) is 30.9 Å². The van der Waals surface area contributed by atoms with Gasteiger partial charge in [-0.2, -0.15) is 0 Å². The molecule has 0 saturated carbocycles.